The van der Waals surface area contributed by atoms with E-state index >= 15 is 0 Å². The maximum absolute atomic E-state index is 11.7. The van der Waals surface area contributed by atoms with Crippen molar-refractivity contribution >= 4 is 5.91 Å². The zero-order chi connectivity index (χ0) is 14.4. The number of amides is 1. The van der Waals surface area contributed by atoms with Gasteiger partial charge < -0.3 is 19.2 Å². The number of carbonyl (C=O) groups is 1. The van der Waals surface area contributed by atoms with Gasteiger partial charge >= 0.3 is 0 Å². The van der Waals surface area contributed by atoms with Crippen LogP contribution < -0.4 is 14.8 Å². The molecule has 6 heteroatoms. The van der Waals surface area contributed by atoms with Crippen LogP contribution in [0.1, 0.15) is 11.3 Å². The maximum Gasteiger partial charge on any atom is 0.226 e. The first-order chi connectivity index (χ1) is 9.72. The molecule has 1 aromatic carbocycles. The first-order valence-electron chi connectivity index (χ1n) is 6.07. The van der Waals surface area contributed by atoms with Crippen LogP contribution in [0.4, 0.5) is 0 Å². The van der Waals surface area contributed by atoms with Crippen molar-refractivity contribution in [2.45, 2.75) is 13.0 Å². The molecule has 0 atom stereocenters. The predicted octanol–water partition coefficient (Wildman–Crippen LogP) is 1.55. The topological polar surface area (TPSA) is 73.6 Å². The number of nitrogens with one attached hydrogen (secondary N) is 1. The molecule has 1 aromatic heterocycles. The minimum Gasteiger partial charge on any atom is -0.493 e. The third-order valence-electron chi connectivity index (χ3n) is 2.76. The van der Waals surface area contributed by atoms with Crippen LogP contribution in [0.25, 0.3) is 0 Å². The smallest absolute Gasteiger partial charge is 0.226 e. The van der Waals surface area contributed by atoms with Gasteiger partial charge in [-0.1, -0.05) is 6.07 Å². The summed E-state index contributed by atoms with van der Waals surface area (Å²) in [5.41, 5.74) is 1.53. The Labute approximate surface area is 116 Å². The summed E-state index contributed by atoms with van der Waals surface area (Å²) in [6.07, 6.45) is 2.96. The maximum atomic E-state index is 11.7. The standard InChI is InChI=1S/C14H16N2O4/c1-18-12-4-3-10(5-13(12)19-2)7-15-14(17)6-11-8-20-9-16-11/h3-5,8-9H,6-7H2,1-2H3,(H,15,17). The van der Waals surface area contributed by atoms with Crippen molar-refractivity contribution in [3.8, 4) is 11.5 Å². The summed E-state index contributed by atoms with van der Waals surface area (Å²) >= 11 is 0. The molecule has 1 amide bonds. The largest absolute Gasteiger partial charge is 0.493 e. The van der Waals surface area contributed by atoms with Crippen molar-refractivity contribution in [1.82, 2.24) is 10.3 Å². The van der Waals surface area contributed by atoms with Gasteiger partial charge in [-0.2, -0.15) is 0 Å². The highest BCUT2D eigenvalue weighted by Gasteiger charge is 2.08. The molecular weight excluding hydrogens is 260 g/mol. The quantitative estimate of drug-likeness (QED) is 0.866. The number of ether oxygens (including phenoxy) is 2. The van der Waals surface area contributed by atoms with Gasteiger partial charge in [-0.15, -0.1) is 0 Å². The lowest BCUT2D eigenvalue weighted by Crippen LogP contribution is -2.24. The Hall–Kier alpha value is -2.50. The number of rotatable bonds is 6. The normalized spacial score (nSPS) is 10.1. The lowest BCUT2D eigenvalue weighted by molar-refractivity contribution is -0.120. The van der Waals surface area contributed by atoms with Crippen molar-refractivity contribution in [2.75, 3.05) is 14.2 Å². The Kier molecular flexibility index (Phi) is 4.60. The monoisotopic (exact) mass is 276 g/mol. The second-order valence-electron chi connectivity index (χ2n) is 4.12. The summed E-state index contributed by atoms with van der Waals surface area (Å²) in [5, 5.41) is 2.81. The third-order valence-corrected chi connectivity index (χ3v) is 2.76. The van der Waals surface area contributed by atoms with Gasteiger partial charge in [0.05, 0.1) is 26.3 Å². The van der Waals surface area contributed by atoms with Crippen molar-refractivity contribution in [1.29, 1.82) is 0 Å². The van der Waals surface area contributed by atoms with E-state index in [0.29, 0.717) is 23.7 Å². The van der Waals surface area contributed by atoms with E-state index in [0.717, 1.165) is 5.56 Å². The number of hydrogen-bond donors (Lipinski definition) is 1. The number of benzene rings is 1. The second kappa shape index (κ2) is 6.60. The fourth-order valence-electron chi connectivity index (χ4n) is 1.74. The van der Waals surface area contributed by atoms with Crippen LogP contribution in [0.5, 0.6) is 11.5 Å². The molecule has 0 aliphatic carbocycles. The fraction of sp³-hybridized carbons (Fsp3) is 0.286. The van der Waals surface area contributed by atoms with E-state index in [1.54, 1.807) is 20.3 Å². The summed E-state index contributed by atoms with van der Waals surface area (Å²) in [7, 11) is 3.15. The summed E-state index contributed by atoms with van der Waals surface area (Å²) in [4.78, 5) is 15.6. The number of methoxy groups -OCH3 is 2. The number of oxazole rings is 1. The molecule has 0 radical (unpaired) electrons. The van der Waals surface area contributed by atoms with Gasteiger partial charge in [0, 0.05) is 6.54 Å². The zero-order valence-electron chi connectivity index (χ0n) is 11.4. The van der Waals surface area contributed by atoms with E-state index in [4.69, 9.17) is 13.9 Å². The van der Waals surface area contributed by atoms with Gasteiger partial charge in [-0.25, -0.2) is 4.98 Å². The van der Waals surface area contributed by atoms with Gasteiger partial charge in [0.25, 0.3) is 0 Å². The molecule has 6 nitrogen and oxygen atoms in total. The van der Waals surface area contributed by atoms with E-state index < -0.39 is 0 Å². The average Bonchev–Trinajstić information content (AvgIpc) is 2.97. The Bertz CT molecular complexity index is 567. The first-order valence-corrected chi connectivity index (χ1v) is 6.07. The summed E-state index contributed by atoms with van der Waals surface area (Å²) < 4.78 is 15.2. The summed E-state index contributed by atoms with van der Waals surface area (Å²) in [6, 6.07) is 5.50. The number of carbonyl (C=O) groups excluding carboxylic acids is 1. The molecule has 106 valence electrons. The van der Waals surface area contributed by atoms with Crippen LogP contribution in [0.3, 0.4) is 0 Å². The van der Waals surface area contributed by atoms with Gasteiger partial charge in [0.15, 0.2) is 17.9 Å². The highest BCUT2D eigenvalue weighted by atomic mass is 16.5. The van der Waals surface area contributed by atoms with Gasteiger partial charge in [0.1, 0.15) is 6.26 Å². The van der Waals surface area contributed by atoms with Gasteiger partial charge in [-0.3, -0.25) is 4.79 Å². The molecule has 0 aliphatic heterocycles. The number of nitrogens with zero attached hydrogens (tertiary/aromatic N) is 1. The summed E-state index contributed by atoms with van der Waals surface area (Å²) in [6.45, 7) is 0.414. The highest BCUT2D eigenvalue weighted by molar-refractivity contribution is 5.77. The van der Waals surface area contributed by atoms with Crippen LogP contribution in [-0.2, 0) is 17.8 Å². The Morgan fingerprint density at radius 1 is 1.30 bits per heavy atom. The number of hydrogen-bond acceptors (Lipinski definition) is 5. The Morgan fingerprint density at radius 2 is 2.10 bits per heavy atom. The van der Waals surface area contributed by atoms with Crippen molar-refractivity contribution in [2.24, 2.45) is 0 Å². The minimum absolute atomic E-state index is 0.117. The van der Waals surface area contributed by atoms with Crippen molar-refractivity contribution in [3.63, 3.8) is 0 Å². The van der Waals surface area contributed by atoms with Crippen molar-refractivity contribution < 1.29 is 18.7 Å². The minimum atomic E-state index is -0.117. The highest BCUT2D eigenvalue weighted by Crippen LogP contribution is 2.27. The van der Waals surface area contributed by atoms with Gasteiger partial charge in [-0.05, 0) is 17.7 Å². The Morgan fingerprint density at radius 3 is 2.75 bits per heavy atom. The molecular formula is C14H16N2O4. The molecule has 1 heterocycles. The molecule has 0 bridgehead atoms. The molecule has 0 saturated carbocycles. The zero-order valence-corrected chi connectivity index (χ0v) is 11.4. The SMILES string of the molecule is COc1ccc(CNC(=O)Cc2cocn2)cc1OC. The lowest BCUT2D eigenvalue weighted by atomic mass is 10.2. The van der Waals surface area contributed by atoms with Crippen LogP contribution in [0.2, 0.25) is 0 Å². The predicted molar refractivity (Wildman–Crippen MR) is 71.6 cm³/mol. The molecule has 2 rings (SSSR count). The van der Waals surface area contributed by atoms with E-state index in [9.17, 15) is 4.79 Å². The van der Waals surface area contributed by atoms with Crippen LogP contribution in [0.15, 0.2) is 35.3 Å². The van der Waals surface area contributed by atoms with Crippen LogP contribution in [-0.4, -0.2) is 25.1 Å². The van der Waals surface area contributed by atoms with E-state index in [2.05, 4.69) is 10.3 Å². The van der Waals surface area contributed by atoms with Crippen molar-refractivity contribution in [3.05, 3.63) is 42.1 Å². The summed E-state index contributed by atoms with van der Waals surface area (Å²) in [5.74, 6) is 1.18. The lowest BCUT2D eigenvalue weighted by Gasteiger charge is -2.10. The van der Waals surface area contributed by atoms with Crippen LogP contribution >= 0.6 is 0 Å². The van der Waals surface area contributed by atoms with Crippen LogP contribution in [0, 0.1) is 0 Å². The van der Waals surface area contributed by atoms with E-state index in [-0.39, 0.29) is 12.3 Å². The second-order valence-corrected chi connectivity index (χ2v) is 4.12. The average molecular weight is 276 g/mol. The van der Waals surface area contributed by atoms with Gasteiger partial charge in [0.2, 0.25) is 5.91 Å². The fourth-order valence-corrected chi connectivity index (χ4v) is 1.74. The molecule has 20 heavy (non-hydrogen) atoms. The van der Waals surface area contributed by atoms with E-state index in [1.165, 1.54) is 12.7 Å². The first kappa shape index (κ1) is 13.9. The van der Waals surface area contributed by atoms with E-state index in [1.807, 2.05) is 12.1 Å². The molecule has 1 N–H and O–H groups in total. The molecule has 0 fully saturated rings. The third kappa shape index (κ3) is 3.50. The molecule has 0 saturated heterocycles. The Balaban J connectivity index is 1.92. The molecule has 2 aromatic rings. The molecule has 0 unspecified atom stereocenters. The molecule has 0 spiro atoms. The number of aromatic nitrogens is 1. The molecule has 0 aliphatic rings.